The van der Waals surface area contributed by atoms with Crippen molar-refractivity contribution in [1.29, 1.82) is 0 Å². The monoisotopic (exact) mass is 790 g/mol. The molecule has 8 aromatic rings. The van der Waals surface area contributed by atoms with E-state index < -0.39 is 0 Å². The molecule has 0 saturated heterocycles. The third-order valence-corrected chi connectivity index (χ3v) is 16.6. The van der Waals surface area contributed by atoms with Gasteiger partial charge in [-0.3, -0.25) is 0 Å². The summed E-state index contributed by atoms with van der Waals surface area (Å²) >= 11 is 0. The summed E-state index contributed by atoms with van der Waals surface area (Å²) in [6, 6.07) is 60.6. The summed E-state index contributed by atoms with van der Waals surface area (Å²) in [5.41, 5.74) is 18.3. The minimum atomic E-state index is -0.189. The van der Waals surface area contributed by atoms with E-state index in [4.69, 9.17) is 0 Å². The highest BCUT2D eigenvalue weighted by molar-refractivity contribution is 6.16. The van der Waals surface area contributed by atoms with Gasteiger partial charge < -0.3 is 9.47 Å². The van der Waals surface area contributed by atoms with Gasteiger partial charge in [-0.15, -0.1) is 0 Å². The van der Waals surface area contributed by atoms with Crippen LogP contribution >= 0.6 is 0 Å². The molecular formula is C59H54N2. The lowest BCUT2D eigenvalue weighted by Crippen LogP contribution is -2.17. The van der Waals surface area contributed by atoms with E-state index >= 15 is 0 Å². The van der Waals surface area contributed by atoms with Crippen molar-refractivity contribution in [2.75, 3.05) is 4.90 Å². The van der Waals surface area contributed by atoms with E-state index in [0.717, 1.165) is 35.5 Å². The van der Waals surface area contributed by atoms with Gasteiger partial charge in [-0.05, 0) is 174 Å². The Hall–Kier alpha value is -5.86. The molecule has 4 saturated carbocycles. The van der Waals surface area contributed by atoms with Gasteiger partial charge in [0.25, 0.3) is 0 Å². The van der Waals surface area contributed by atoms with E-state index in [1.54, 1.807) is 11.1 Å². The van der Waals surface area contributed by atoms with Gasteiger partial charge in [0.15, 0.2) is 0 Å². The van der Waals surface area contributed by atoms with Crippen molar-refractivity contribution in [3.63, 3.8) is 0 Å². The van der Waals surface area contributed by atoms with Crippen LogP contribution in [-0.4, -0.2) is 4.57 Å². The van der Waals surface area contributed by atoms with Crippen molar-refractivity contribution in [3.8, 4) is 27.9 Å². The standard InChI is InChI=1S/C59H54N2/c1-59(2)54-29-28-49-53-35-42(39-9-5-3-6-10-39)21-30-56(53)61(45-11-7-4-8-12-45)58(49)57(54)50-27-26-48(36-55(50)59)60(46-22-17-40(18-23-46)51-33-37-13-15-43(51)31-37)47-24-19-41(20-25-47)52-34-38-14-16-44(52)32-38/h3-12,17-30,35-38,43-44,51-52H,13-16,31-34H2,1-2H3. The molecule has 0 amide bonds. The van der Waals surface area contributed by atoms with E-state index in [2.05, 4.69) is 181 Å². The largest absolute Gasteiger partial charge is 0.310 e. The van der Waals surface area contributed by atoms with Gasteiger partial charge in [0.2, 0.25) is 0 Å². The van der Waals surface area contributed by atoms with Crippen molar-refractivity contribution in [2.45, 2.75) is 82.5 Å². The van der Waals surface area contributed by atoms with Crippen LogP contribution in [-0.2, 0) is 5.41 Å². The first-order chi connectivity index (χ1) is 30.0. The molecule has 5 aliphatic carbocycles. The highest BCUT2D eigenvalue weighted by atomic mass is 15.1. The highest BCUT2D eigenvalue weighted by Gasteiger charge is 2.42. The summed E-state index contributed by atoms with van der Waals surface area (Å²) in [6.45, 7) is 4.88. The maximum Gasteiger partial charge on any atom is 0.0622 e. The number of hydrogen-bond donors (Lipinski definition) is 0. The number of para-hydroxylation sites is 1. The SMILES string of the molecule is CC1(C)c2cc(N(c3ccc(C4CC5CCC4C5)cc3)c3ccc(C4CC5CCC4C5)cc3)ccc2-c2c1ccc1c3cc(-c4ccccc4)ccc3n(-c3ccccc3)c21. The summed E-state index contributed by atoms with van der Waals surface area (Å²) in [6.07, 6.45) is 11.4. The zero-order chi connectivity index (χ0) is 40.4. The zero-order valence-electron chi connectivity index (χ0n) is 35.5. The maximum atomic E-state index is 2.54. The predicted octanol–water partition coefficient (Wildman–Crippen LogP) is 16.0. The second-order valence-electron chi connectivity index (χ2n) is 20.1. The van der Waals surface area contributed by atoms with E-state index in [1.165, 1.54) is 129 Å². The Kier molecular flexibility index (Phi) is 7.98. The average Bonchev–Trinajstić information content (AvgIpc) is 4.19. The number of hydrogen-bond acceptors (Lipinski definition) is 1. The fourth-order valence-electron chi connectivity index (χ4n) is 13.6. The zero-order valence-corrected chi connectivity index (χ0v) is 35.5. The van der Waals surface area contributed by atoms with Crippen LogP contribution in [0.5, 0.6) is 0 Å². The Labute approximate surface area is 360 Å². The molecule has 4 bridgehead atoms. The van der Waals surface area contributed by atoms with Crippen LogP contribution in [0, 0.1) is 23.7 Å². The number of fused-ring (bicyclic) bond motifs is 11. The Balaban J connectivity index is 0.960. The second-order valence-corrected chi connectivity index (χ2v) is 20.1. The van der Waals surface area contributed by atoms with Gasteiger partial charge in [0, 0.05) is 44.5 Å². The summed E-state index contributed by atoms with van der Waals surface area (Å²) in [5, 5.41) is 2.59. The lowest BCUT2D eigenvalue weighted by atomic mass is 9.82. The number of nitrogens with zero attached hydrogens (tertiary/aromatic N) is 2. The predicted molar refractivity (Wildman–Crippen MR) is 255 cm³/mol. The lowest BCUT2D eigenvalue weighted by Gasteiger charge is -2.29. The third kappa shape index (κ3) is 5.53. The van der Waals surface area contributed by atoms with E-state index in [9.17, 15) is 0 Å². The van der Waals surface area contributed by atoms with Crippen molar-refractivity contribution in [2.24, 2.45) is 23.7 Å². The number of rotatable bonds is 7. The quantitative estimate of drug-likeness (QED) is 0.156. The fourth-order valence-corrected chi connectivity index (χ4v) is 13.6. The van der Waals surface area contributed by atoms with Crippen LogP contribution in [0.25, 0.3) is 49.7 Å². The van der Waals surface area contributed by atoms with Crippen LogP contribution < -0.4 is 4.90 Å². The van der Waals surface area contributed by atoms with Crippen LogP contribution in [0.15, 0.2) is 158 Å². The van der Waals surface area contributed by atoms with Crippen molar-refractivity contribution in [3.05, 3.63) is 180 Å². The minimum absolute atomic E-state index is 0.189. The van der Waals surface area contributed by atoms with Crippen molar-refractivity contribution in [1.82, 2.24) is 4.57 Å². The van der Waals surface area contributed by atoms with Crippen molar-refractivity contribution >= 4 is 38.9 Å². The van der Waals surface area contributed by atoms with Gasteiger partial charge in [-0.2, -0.15) is 0 Å². The normalized spacial score (nSPS) is 24.2. The van der Waals surface area contributed by atoms with Crippen molar-refractivity contribution < 1.29 is 0 Å². The van der Waals surface area contributed by atoms with E-state index in [1.807, 2.05) is 0 Å². The molecule has 6 unspecified atom stereocenters. The summed E-state index contributed by atoms with van der Waals surface area (Å²) < 4.78 is 2.53. The van der Waals surface area contributed by atoms with E-state index in [-0.39, 0.29) is 5.41 Å². The topological polar surface area (TPSA) is 8.17 Å². The summed E-state index contributed by atoms with van der Waals surface area (Å²) in [7, 11) is 0. The van der Waals surface area contributed by atoms with Gasteiger partial charge >= 0.3 is 0 Å². The smallest absolute Gasteiger partial charge is 0.0622 e. The first-order valence-electron chi connectivity index (χ1n) is 23.3. The molecule has 2 nitrogen and oxygen atoms in total. The van der Waals surface area contributed by atoms with E-state index in [0.29, 0.717) is 0 Å². The molecular weight excluding hydrogens is 737 g/mol. The number of anilines is 3. The highest BCUT2D eigenvalue weighted by Crippen LogP contribution is 2.57. The van der Waals surface area contributed by atoms with Gasteiger partial charge in [0.05, 0.1) is 11.0 Å². The summed E-state index contributed by atoms with van der Waals surface area (Å²) in [5.74, 6) is 5.11. The first-order valence-corrected chi connectivity index (χ1v) is 23.3. The number of benzene rings is 7. The molecule has 300 valence electrons. The molecule has 0 N–H and O–H groups in total. The molecule has 61 heavy (non-hydrogen) atoms. The average molecular weight is 791 g/mol. The molecule has 0 aliphatic heterocycles. The Morgan fingerprint density at radius 1 is 0.492 bits per heavy atom. The molecule has 7 aromatic carbocycles. The van der Waals surface area contributed by atoms with Crippen LogP contribution in [0.3, 0.4) is 0 Å². The van der Waals surface area contributed by atoms with Gasteiger partial charge in [-0.1, -0.05) is 124 Å². The van der Waals surface area contributed by atoms with Gasteiger partial charge in [-0.25, -0.2) is 0 Å². The summed E-state index contributed by atoms with van der Waals surface area (Å²) in [4.78, 5) is 2.54. The molecule has 5 aliphatic rings. The Morgan fingerprint density at radius 2 is 1.10 bits per heavy atom. The Morgan fingerprint density at radius 3 is 1.69 bits per heavy atom. The molecule has 0 radical (unpaired) electrons. The van der Waals surface area contributed by atoms with Crippen LogP contribution in [0.1, 0.15) is 99.3 Å². The Bertz CT molecular complexity index is 2900. The number of aromatic nitrogens is 1. The second kappa shape index (κ2) is 13.6. The van der Waals surface area contributed by atoms with Crippen LogP contribution in [0.2, 0.25) is 0 Å². The molecule has 4 fully saturated rings. The molecule has 0 spiro atoms. The lowest BCUT2D eigenvalue weighted by molar-refractivity contribution is 0.420. The first kappa shape index (κ1) is 35.9. The molecule has 1 heterocycles. The molecule has 2 heteroatoms. The minimum Gasteiger partial charge on any atom is -0.310 e. The molecule has 13 rings (SSSR count). The third-order valence-electron chi connectivity index (χ3n) is 16.6. The molecule has 6 atom stereocenters. The van der Waals surface area contributed by atoms with Crippen LogP contribution in [0.4, 0.5) is 17.1 Å². The maximum absolute atomic E-state index is 2.54. The van der Waals surface area contributed by atoms with Gasteiger partial charge in [0.1, 0.15) is 0 Å². The molecule has 1 aromatic heterocycles. The fraction of sp³-hybridized carbons (Fsp3) is 0.288.